The first-order valence-corrected chi connectivity index (χ1v) is 11.1. The molecular formula is C20H22BrN3O3S. The van der Waals surface area contributed by atoms with Crippen molar-refractivity contribution in [3.8, 4) is 11.5 Å². The summed E-state index contributed by atoms with van der Waals surface area (Å²) in [7, 11) is 0.157. The number of benzene rings is 2. The van der Waals surface area contributed by atoms with Gasteiger partial charge in [0.05, 0.1) is 4.90 Å². The molecule has 1 aromatic heterocycles. The van der Waals surface area contributed by atoms with E-state index < -0.39 is 9.84 Å². The number of anilines is 1. The Hall–Kier alpha value is -2.16. The standard InChI is InChI=1S/C20H22BrN3O3S/c1-24(2)14-6-13-22-19-20(23-18(27-19)15-7-4-3-5-8-15)28(25,26)17-11-9-16(21)10-12-17/h3-5,7-12,22H,6,13-14H2,1-2H3. The molecule has 0 aliphatic carbocycles. The first-order chi connectivity index (χ1) is 13.4. The predicted molar refractivity (Wildman–Crippen MR) is 113 cm³/mol. The lowest BCUT2D eigenvalue weighted by atomic mass is 10.2. The molecule has 3 aromatic rings. The number of sulfone groups is 1. The van der Waals surface area contributed by atoms with Gasteiger partial charge in [0.2, 0.25) is 26.6 Å². The summed E-state index contributed by atoms with van der Waals surface area (Å²) < 4.78 is 33.0. The van der Waals surface area contributed by atoms with E-state index in [4.69, 9.17) is 4.42 Å². The van der Waals surface area contributed by atoms with Crippen molar-refractivity contribution >= 4 is 31.7 Å². The van der Waals surface area contributed by atoms with Crippen LogP contribution in [0.4, 0.5) is 5.88 Å². The Kier molecular flexibility index (Phi) is 6.53. The molecule has 1 heterocycles. The van der Waals surface area contributed by atoms with Crippen molar-refractivity contribution in [3.05, 3.63) is 59.1 Å². The third kappa shape index (κ3) is 4.81. The lowest BCUT2D eigenvalue weighted by Crippen LogP contribution is -2.17. The molecule has 0 atom stereocenters. The van der Waals surface area contributed by atoms with E-state index in [1.54, 1.807) is 24.3 Å². The smallest absolute Gasteiger partial charge is 0.233 e. The van der Waals surface area contributed by atoms with Crippen LogP contribution in [0.2, 0.25) is 0 Å². The molecule has 1 N–H and O–H groups in total. The maximum atomic E-state index is 13.2. The summed E-state index contributed by atoms with van der Waals surface area (Å²) in [5.74, 6) is 0.437. The van der Waals surface area contributed by atoms with E-state index in [0.717, 1.165) is 23.0 Å². The van der Waals surface area contributed by atoms with E-state index in [1.165, 1.54) is 0 Å². The minimum Gasteiger partial charge on any atom is -0.419 e. The maximum Gasteiger partial charge on any atom is 0.233 e. The van der Waals surface area contributed by atoms with Gasteiger partial charge in [0.15, 0.2) is 0 Å². The van der Waals surface area contributed by atoms with Crippen LogP contribution in [0, 0.1) is 0 Å². The van der Waals surface area contributed by atoms with E-state index >= 15 is 0 Å². The Bertz CT molecular complexity index is 1020. The Balaban J connectivity index is 1.97. The summed E-state index contributed by atoms with van der Waals surface area (Å²) in [6, 6.07) is 15.7. The molecule has 6 nitrogen and oxygen atoms in total. The molecule has 148 valence electrons. The van der Waals surface area contributed by atoms with Gasteiger partial charge in [0, 0.05) is 16.6 Å². The van der Waals surface area contributed by atoms with Crippen LogP contribution >= 0.6 is 15.9 Å². The Morgan fingerprint density at radius 1 is 1.07 bits per heavy atom. The van der Waals surface area contributed by atoms with Crippen molar-refractivity contribution in [1.29, 1.82) is 0 Å². The third-order valence-electron chi connectivity index (χ3n) is 4.06. The molecule has 2 aromatic carbocycles. The number of oxazole rings is 1. The fourth-order valence-electron chi connectivity index (χ4n) is 2.63. The first kappa shape index (κ1) is 20.6. The van der Waals surface area contributed by atoms with Gasteiger partial charge in [-0.1, -0.05) is 34.1 Å². The van der Waals surface area contributed by atoms with Gasteiger partial charge in [-0.25, -0.2) is 8.42 Å². The van der Waals surface area contributed by atoms with Gasteiger partial charge in [-0.3, -0.25) is 0 Å². The van der Waals surface area contributed by atoms with Crippen molar-refractivity contribution in [3.63, 3.8) is 0 Å². The Morgan fingerprint density at radius 3 is 2.39 bits per heavy atom. The largest absolute Gasteiger partial charge is 0.419 e. The fourth-order valence-corrected chi connectivity index (χ4v) is 4.17. The monoisotopic (exact) mass is 463 g/mol. The van der Waals surface area contributed by atoms with Crippen LogP contribution in [0.25, 0.3) is 11.5 Å². The average molecular weight is 464 g/mol. The molecule has 28 heavy (non-hydrogen) atoms. The van der Waals surface area contributed by atoms with Crippen LogP contribution in [0.1, 0.15) is 6.42 Å². The molecule has 0 bridgehead atoms. The molecule has 0 unspecified atom stereocenters. The van der Waals surface area contributed by atoms with E-state index in [0.29, 0.717) is 6.54 Å². The molecule has 0 spiro atoms. The van der Waals surface area contributed by atoms with Gasteiger partial charge in [-0.2, -0.15) is 4.98 Å². The van der Waals surface area contributed by atoms with Gasteiger partial charge in [0.1, 0.15) is 0 Å². The molecule has 0 fully saturated rings. The first-order valence-electron chi connectivity index (χ1n) is 8.83. The summed E-state index contributed by atoms with van der Waals surface area (Å²) >= 11 is 3.33. The van der Waals surface area contributed by atoms with Gasteiger partial charge in [0.25, 0.3) is 0 Å². The lowest BCUT2D eigenvalue weighted by molar-refractivity contribution is 0.404. The molecule has 0 amide bonds. The number of rotatable bonds is 8. The van der Waals surface area contributed by atoms with Crippen LogP contribution in [0.15, 0.2) is 73.4 Å². The van der Waals surface area contributed by atoms with Gasteiger partial charge in [-0.15, -0.1) is 0 Å². The highest BCUT2D eigenvalue weighted by molar-refractivity contribution is 9.10. The van der Waals surface area contributed by atoms with Crippen LogP contribution in [0.3, 0.4) is 0 Å². The average Bonchev–Trinajstić information content (AvgIpc) is 3.11. The molecule has 8 heteroatoms. The summed E-state index contributed by atoms with van der Waals surface area (Å²) in [6.45, 7) is 1.45. The fraction of sp³-hybridized carbons (Fsp3) is 0.250. The molecule has 0 saturated heterocycles. The van der Waals surface area contributed by atoms with Crippen molar-refractivity contribution in [2.45, 2.75) is 16.3 Å². The summed E-state index contributed by atoms with van der Waals surface area (Å²) in [5.41, 5.74) is 0.719. The second-order valence-electron chi connectivity index (χ2n) is 6.56. The Labute approximate surface area is 173 Å². The zero-order valence-electron chi connectivity index (χ0n) is 15.7. The highest BCUT2D eigenvalue weighted by Crippen LogP contribution is 2.32. The number of halogens is 1. The van der Waals surface area contributed by atoms with E-state index in [2.05, 4.69) is 31.1 Å². The van der Waals surface area contributed by atoms with Crippen molar-refractivity contribution in [1.82, 2.24) is 9.88 Å². The summed E-state index contributed by atoms with van der Waals surface area (Å²) in [4.78, 5) is 6.56. The number of nitrogens with one attached hydrogen (secondary N) is 1. The SMILES string of the molecule is CN(C)CCCNc1oc(-c2ccccc2)nc1S(=O)(=O)c1ccc(Br)cc1. The summed E-state index contributed by atoms with van der Waals surface area (Å²) in [5, 5.41) is 3.00. The van der Waals surface area contributed by atoms with Gasteiger partial charge >= 0.3 is 0 Å². The minimum absolute atomic E-state index is 0.0986. The molecule has 0 aliphatic rings. The van der Waals surface area contributed by atoms with Crippen LogP contribution < -0.4 is 5.32 Å². The van der Waals surface area contributed by atoms with Gasteiger partial charge in [-0.05, 0) is 63.5 Å². The molecule has 0 radical (unpaired) electrons. The number of aromatic nitrogens is 1. The second-order valence-corrected chi connectivity index (χ2v) is 9.34. The third-order valence-corrected chi connectivity index (χ3v) is 6.27. The molecule has 0 aliphatic heterocycles. The van der Waals surface area contributed by atoms with Crippen molar-refractivity contribution < 1.29 is 12.8 Å². The van der Waals surface area contributed by atoms with Crippen LogP contribution in [-0.2, 0) is 9.84 Å². The van der Waals surface area contributed by atoms with E-state index in [9.17, 15) is 8.42 Å². The molecule has 0 saturated carbocycles. The van der Waals surface area contributed by atoms with E-state index in [1.807, 2.05) is 44.4 Å². The minimum atomic E-state index is -3.83. The zero-order chi connectivity index (χ0) is 20.1. The van der Waals surface area contributed by atoms with E-state index in [-0.39, 0.29) is 21.7 Å². The normalized spacial score (nSPS) is 11.7. The number of hydrogen-bond donors (Lipinski definition) is 1. The van der Waals surface area contributed by atoms with Crippen LogP contribution in [-0.4, -0.2) is 45.5 Å². The quantitative estimate of drug-likeness (QED) is 0.501. The van der Waals surface area contributed by atoms with Crippen molar-refractivity contribution in [2.24, 2.45) is 0 Å². The van der Waals surface area contributed by atoms with Gasteiger partial charge < -0.3 is 14.6 Å². The topological polar surface area (TPSA) is 75.4 Å². The lowest BCUT2D eigenvalue weighted by Gasteiger charge is -2.10. The maximum absolute atomic E-state index is 13.2. The Morgan fingerprint density at radius 2 is 1.75 bits per heavy atom. The van der Waals surface area contributed by atoms with Crippen LogP contribution in [0.5, 0.6) is 0 Å². The highest BCUT2D eigenvalue weighted by Gasteiger charge is 2.28. The molecule has 3 rings (SSSR count). The molecular weight excluding hydrogens is 442 g/mol. The van der Waals surface area contributed by atoms with Crippen molar-refractivity contribution in [2.75, 3.05) is 32.5 Å². The predicted octanol–water partition coefficient (Wildman–Crippen LogP) is 4.30. The highest BCUT2D eigenvalue weighted by atomic mass is 79.9. The second kappa shape index (κ2) is 8.89. The zero-order valence-corrected chi connectivity index (χ0v) is 18.1. The number of nitrogens with zero attached hydrogens (tertiary/aromatic N) is 2. The number of hydrogen-bond acceptors (Lipinski definition) is 6. The summed E-state index contributed by atoms with van der Waals surface area (Å²) in [6.07, 6.45) is 0.839.